The number of methoxy groups -OCH3 is 1. The summed E-state index contributed by atoms with van der Waals surface area (Å²) in [5, 5.41) is 8.66. The van der Waals surface area contributed by atoms with E-state index in [1.165, 1.54) is 7.11 Å². The SMILES string of the molecule is CCOC(=O)C(N)C(=O)N(CCOC)CC(=O)O. The molecule has 0 aromatic carbocycles. The average Bonchev–Trinajstić information content (AvgIpc) is 2.32. The zero-order valence-corrected chi connectivity index (χ0v) is 10.4. The number of esters is 1. The standard InChI is InChI=1S/C10H18N2O6/c1-3-18-10(16)8(11)9(15)12(4-5-17-2)6-7(13)14/h8H,3-6,11H2,1-2H3,(H,13,14). The molecule has 0 rings (SSSR count). The predicted molar refractivity (Wildman–Crippen MR) is 60.7 cm³/mol. The molecule has 1 atom stereocenters. The maximum absolute atomic E-state index is 11.8. The van der Waals surface area contributed by atoms with Gasteiger partial charge in [-0.1, -0.05) is 0 Å². The Morgan fingerprint density at radius 1 is 1.39 bits per heavy atom. The molecular formula is C10H18N2O6. The maximum Gasteiger partial charge on any atom is 0.332 e. The summed E-state index contributed by atoms with van der Waals surface area (Å²) in [5.41, 5.74) is 5.40. The van der Waals surface area contributed by atoms with Crippen LogP contribution < -0.4 is 5.73 Å². The van der Waals surface area contributed by atoms with E-state index in [4.69, 9.17) is 15.6 Å². The van der Waals surface area contributed by atoms with E-state index >= 15 is 0 Å². The summed E-state index contributed by atoms with van der Waals surface area (Å²) < 4.78 is 9.34. The Morgan fingerprint density at radius 2 is 2.00 bits per heavy atom. The van der Waals surface area contributed by atoms with Crippen LogP contribution in [0.1, 0.15) is 6.92 Å². The van der Waals surface area contributed by atoms with E-state index in [1.807, 2.05) is 0 Å². The van der Waals surface area contributed by atoms with Gasteiger partial charge in [-0.25, -0.2) is 4.79 Å². The highest BCUT2D eigenvalue weighted by Crippen LogP contribution is 1.97. The Balaban J connectivity index is 4.61. The second-order valence-corrected chi connectivity index (χ2v) is 3.38. The minimum Gasteiger partial charge on any atom is -0.480 e. The van der Waals surface area contributed by atoms with Crippen LogP contribution in [0.25, 0.3) is 0 Å². The molecule has 0 saturated heterocycles. The summed E-state index contributed by atoms with van der Waals surface area (Å²) in [7, 11) is 1.41. The Hall–Kier alpha value is -1.67. The molecule has 0 aromatic heterocycles. The molecule has 3 N–H and O–H groups in total. The van der Waals surface area contributed by atoms with Crippen LogP contribution >= 0.6 is 0 Å². The van der Waals surface area contributed by atoms with Crippen LogP contribution in [0.15, 0.2) is 0 Å². The van der Waals surface area contributed by atoms with E-state index < -0.39 is 30.4 Å². The van der Waals surface area contributed by atoms with E-state index in [0.717, 1.165) is 4.90 Å². The summed E-state index contributed by atoms with van der Waals surface area (Å²) >= 11 is 0. The minimum absolute atomic E-state index is 0.0364. The molecule has 8 heteroatoms. The number of carboxylic acid groups (broad SMARTS) is 1. The molecule has 0 saturated carbocycles. The van der Waals surface area contributed by atoms with Crippen molar-refractivity contribution in [2.75, 3.05) is 33.4 Å². The van der Waals surface area contributed by atoms with Crippen molar-refractivity contribution in [2.24, 2.45) is 5.73 Å². The number of carbonyl (C=O) groups excluding carboxylic acids is 2. The third-order valence-electron chi connectivity index (χ3n) is 2.01. The molecule has 0 radical (unpaired) electrons. The van der Waals surface area contributed by atoms with Gasteiger partial charge in [0.2, 0.25) is 0 Å². The summed E-state index contributed by atoms with van der Waals surface area (Å²) in [6.07, 6.45) is 0. The van der Waals surface area contributed by atoms with Gasteiger partial charge in [0.25, 0.3) is 5.91 Å². The highest BCUT2D eigenvalue weighted by Gasteiger charge is 2.29. The van der Waals surface area contributed by atoms with Crippen molar-refractivity contribution >= 4 is 17.8 Å². The molecule has 0 bridgehead atoms. The topological polar surface area (TPSA) is 119 Å². The van der Waals surface area contributed by atoms with Crippen molar-refractivity contribution in [1.29, 1.82) is 0 Å². The highest BCUT2D eigenvalue weighted by atomic mass is 16.5. The number of nitrogens with two attached hydrogens (primary N) is 1. The van der Waals surface area contributed by atoms with Gasteiger partial charge < -0.3 is 25.2 Å². The maximum atomic E-state index is 11.8. The Labute approximate surface area is 105 Å². The van der Waals surface area contributed by atoms with Crippen LogP contribution in [0, 0.1) is 0 Å². The van der Waals surface area contributed by atoms with Gasteiger partial charge in [0, 0.05) is 13.7 Å². The fourth-order valence-corrected chi connectivity index (χ4v) is 1.16. The average molecular weight is 262 g/mol. The lowest BCUT2D eigenvalue weighted by atomic mass is 10.2. The van der Waals surface area contributed by atoms with Gasteiger partial charge in [0.15, 0.2) is 6.04 Å². The lowest BCUT2D eigenvalue weighted by Gasteiger charge is -2.22. The van der Waals surface area contributed by atoms with Gasteiger partial charge in [0.05, 0.1) is 13.2 Å². The lowest BCUT2D eigenvalue weighted by Crippen LogP contribution is -2.51. The monoisotopic (exact) mass is 262 g/mol. The molecule has 0 aliphatic rings. The number of carbonyl (C=O) groups is 3. The lowest BCUT2D eigenvalue weighted by molar-refractivity contribution is -0.154. The third-order valence-corrected chi connectivity index (χ3v) is 2.01. The predicted octanol–water partition coefficient (Wildman–Crippen LogP) is -1.56. The van der Waals surface area contributed by atoms with E-state index in [9.17, 15) is 14.4 Å². The first-order valence-corrected chi connectivity index (χ1v) is 5.35. The molecule has 0 aliphatic carbocycles. The largest absolute Gasteiger partial charge is 0.480 e. The number of rotatable bonds is 8. The number of ether oxygens (including phenoxy) is 2. The minimum atomic E-state index is -1.51. The molecule has 0 heterocycles. The first-order chi connectivity index (χ1) is 8.43. The van der Waals surface area contributed by atoms with Gasteiger partial charge in [-0.15, -0.1) is 0 Å². The van der Waals surface area contributed by atoms with Crippen molar-refractivity contribution < 1.29 is 29.0 Å². The van der Waals surface area contributed by atoms with Gasteiger partial charge in [-0.2, -0.15) is 0 Å². The van der Waals surface area contributed by atoms with Crippen molar-refractivity contribution in [1.82, 2.24) is 4.90 Å². The zero-order chi connectivity index (χ0) is 14.1. The molecule has 18 heavy (non-hydrogen) atoms. The van der Waals surface area contributed by atoms with E-state index in [2.05, 4.69) is 4.74 Å². The second-order valence-electron chi connectivity index (χ2n) is 3.38. The summed E-state index contributed by atoms with van der Waals surface area (Å²) in [6.45, 7) is 1.31. The van der Waals surface area contributed by atoms with Gasteiger partial charge in [0.1, 0.15) is 6.54 Å². The highest BCUT2D eigenvalue weighted by molar-refractivity contribution is 6.02. The normalized spacial score (nSPS) is 11.7. The Morgan fingerprint density at radius 3 is 2.44 bits per heavy atom. The summed E-state index contributed by atoms with van der Waals surface area (Å²) in [4.78, 5) is 34.6. The first-order valence-electron chi connectivity index (χ1n) is 5.35. The fraction of sp³-hybridized carbons (Fsp3) is 0.700. The van der Waals surface area contributed by atoms with E-state index in [0.29, 0.717) is 0 Å². The van der Waals surface area contributed by atoms with Gasteiger partial charge in [-0.05, 0) is 6.92 Å². The number of nitrogens with zero attached hydrogens (tertiary/aromatic N) is 1. The Kier molecular flexibility index (Phi) is 7.64. The molecular weight excluding hydrogens is 244 g/mol. The fourth-order valence-electron chi connectivity index (χ4n) is 1.16. The molecule has 0 spiro atoms. The summed E-state index contributed by atoms with van der Waals surface area (Å²) in [5.74, 6) is -2.88. The van der Waals surface area contributed by atoms with Gasteiger partial charge in [-0.3, -0.25) is 9.59 Å². The first kappa shape index (κ1) is 16.3. The van der Waals surface area contributed by atoms with Crippen molar-refractivity contribution in [3.05, 3.63) is 0 Å². The molecule has 1 amide bonds. The van der Waals surface area contributed by atoms with Gasteiger partial charge >= 0.3 is 11.9 Å². The number of hydrogen-bond donors (Lipinski definition) is 2. The summed E-state index contributed by atoms with van der Waals surface area (Å²) in [6, 6.07) is -1.51. The number of amides is 1. The number of aliphatic carboxylic acids is 1. The van der Waals surface area contributed by atoms with Crippen molar-refractivity contribution in [3.63, 3.8) is 0 Å². The van der Waals surface area contributed by atoms with Crippen LogP contribution in [-0.4, -0.2) is 67.3 Å². The van der Waals surface area contributed by atoms with Crippen LogP contribution in [-0.2, 0) is 23.9 Å². The van der Waals surface area contributed by atoms with Crippen molar-refractivity contribution in [3.8, 4) is 0 Å². The van der Waals surface area contributed by atoms with Crippen LogP contribution in [0.4, 0.5) is 0 Å². The molecule has 0 aromatic rings. The molecule has 1 unspecified atom stereocenters. The van der Waals surface area contributed by atoms with E-state index in [1.54, 1.807) is 6.92 Å². The molecule has 104 valence electrons. The second kappa shape index (κ2) is 8.43. The number of hydrogen-bond acceptors (Lipinski definition) is 6. The molecule has 0 fully saturated rings. The zero-order valence-electron chi connectivity index (χ0n) is 10.4. The van der Waals surface area contributed by atoms with Crippen LogP contribution in [0.5, 0.6) is 0 Å². The molecule has 0 aliphatic heterocycles. The van der Waals surface area contributed by atoms with Crippen molar-refractivity contribution in [2.45, 2.75) is 13.0 Å². The van der Waals surface area contributed by atoms with E-state index in [-0.39, 0.29) is 19.8 Å². The quantitative estimate of drug-likeness (QED) is 0.401. The smallest absolute Gasteiger partial charge is 0.332 e. The third kappa shape index (κ3) is 5.60. The van der Waals surface area contributed by atoms with Crippen LogP contribution in [0.2, 0.25) is 0 Å². The van der Waals surface area contributed by atoms with Crippen LogP contribution in [0.3, 0.4) is 0 Å². The Bertz CT molecular complexity index is 307. The molecule has 8 nitrogen and oxygen atoms in total. The number of carboxylic acids is 1.